The third kappa shape index (κ3) is 3.39. The third-order valence-corrected chi connectivity index (χ3v) is 6.74. The summed E-state index contributed by atoms with van der Waals surface area (Å²) in [5.41, 5.74) is 11.7. The molecule has 156 valence electrons. The summed E-state index contributed by atoms with van der Waals surface area (Å²) in [6.45, 7) is 0.753. The number of fused-ring (bicyclic) bond motifs is 1. The summed E-state index contributed by atoms with van der Waals surface area (Å²) in [5, 5.41) is 0. The molecule has 0 radical (unpaired) electrons. The van der Waals surface area contributed by atoms with Crippen molar-refractivity contribution in [1.82, 2.24) is 9.55 Å². The van der Waals surface area contributed by atoms with Crippen molar-refractivity contribution < 1.29 is 0 Å². The molecule has 1 aromatic heterocycles. The molecule has 3 heteroatoms. The van der Waals surface area contributed by atoms with Gasteiger partial charge in [0.1, 0.15) is 5.54 Å². The van der Waals surface area contributed by atoms with Gasteiger partial charge in [-0.1, -0.05) is 91.0 Å². The summed E-state index contributed by atoms with van der Waals surface area (Å²) in [6, 6.07) is 32.5. The van der Waals surface area contributed by atoms with Gasteiger partial charge in [0, 0.05) is 5.69 Å². The van der Waals surface area contributed by atoms with Gasteiger partial charge < -0.3 is 10.3 Å². The van der Waals surface area contributed by atoms with Crippen LogP contribution in [0, 0.1) is 5.92 Å². The van der Waals surface area contributed by atoms with E-state index in [1.54, 1.807) is 0 Å². The number of nitrogens with zero attached hydrogens (tertiary/aromatic N) is 2. The van der Waals surface area contributed by atoms with E-state index in [-0.39, 0.29) is 0 Å². The number of rotatable bonds is 6. The van der Waals surface area contributed by atoms with Gasteiger partial charge in [0.2, 0.25) is 0 Å². The smallest absolute Gasteiger partial charge is 0.121 e. The minimum atomic E-state index is -0.467. The maximum atomic E-state index is 5.86. The van der Waals surface area contributed by atoms with Gasteiger partial charge >= 0.3 is 0 Å². The SMILES string of the molecule is NCCC1CCc2c(ncn2C(c2ccccc2)(c2ccccc2)c2ccccc2)C1. The van der Waals surface area contributed by atoms with Gasteiger partial charge in [0.05, 0.1) is 12.0 Å². The third-order valence-electron chi connectivity index (χ3n) is 6.74. The molecule has 0 spiro atoms. The molecule has 3 nitrogen and oxygen atoms in total. The van der Waals surface area contributed by atoms with Crippen LogP contribution >= 0.6 is 0 Å². The van der Waals surface area contributed by atoms with Crippen molar-refractivity contribution >= 4 is 0 Å². The highest BCUT2D eigenvalue weighted by atomic mass is 15.1. The van der Waals surface area contributed by atoms with Crippen LogP contribution in [0.1, 0.15) is 40.9 Å². The van der Waals surface area contributed by atoms with Crippen LogP contribution in [-0.4, -0.2) is 16.1 Å². The maximum absolute atomic E-state index is 5.86. The molecule has 1 aliphatic carbocycles. The molecule has 1 unspecified atom stereocenters. The van der Waals surface area contributed by atoms with Crippen molar-refractivity contribution in [3.05, 3.63) is 125 Å². The van der Waals surface area contributed by atoms with Crippen LogP contribution in [-0.2, 0) is 18.4 Å². The highest BCUT2D eigenvalue weighted by Gasteiger charge is 2.40. The highest BCUT2D eigenvalue weighted by molar-refractivity contribution is 5.51. The van der Waals surface area contributed by atoms with E-state index < -0.39 is 5.54 Å². The average molecular weight is 408 g/mol. The summed E-state index contributed by atoms with van der Waals surface area (Å²) < 4.78 is 2.45. The summed E-state index contributed by atoms with van der Waals surface area (Å²) in [5.74, 6) is 0.639. The zero-order valence-corrected chi connectivity index (χ0v) is 17.8. The van der Waals surface area contributed by atoms with E-state index >= 15 is 0 Å². The Morgan fingerprint density at radius 3 is 1.81 bits per heavy atom. The predicted molar refractivity (Wildman–Crippen MR) is 126 cm³/mol. The average Bonchev–Trinajstić information content (AvgIpc) is 3.26. The minimum Gasteiger partial charge on any atom is -0.330 e. The van der Waals surface area contributed by atoms with Crippen LogP contribution in [0.25, 0.3) is 0 Å². The molecule has 1 heterocycles. The van der Waals surface area contributed by atoms with E-state index in [2.05, 4.69) is 102 Å². The Bertz CT molecular complexity index is 1020. The lowest BCUT2D eigenvalue weighted by Crippen LogP contribution is -2.39. The van der Waals surface area contributed by atoms with Gasteiger partial charge in [-0.15, -0.1) is 0 Å². The van der Waals surface area contributed by atoms with Crippen molar-refractivity contribution in [3.63, 3.8) is 0 Å². The van der Waals surface area contributed by atoms with Gasteiger partial charge in [-0.25, -0.2) is 4.98 Å². The monoisotopic (exact) mass is 407 g/mol. The number of imidazole rings is 1. The Morgan fingerprint density at radius 2 is 1.32 bits per heavy atom. The second kappa shape index (κ2) is 8.52. The van der Waals surface area contributed by atoms with Crippen molar-refractivity contribution in [2.75, 3.05) is 6.54 Å². The van der Waals surface area contributed by atoms with Gasteiger partial charge in [-0.2, -0.15) is 0 Å². The summed E-state index contributed by atoms with van der Waals surface area (Å²) in [7, 11) is 0. The van der Waals surface area contributed by atoms with Crippen LogP contribution in [0.4, 0.5) is 0 Å². The normalized spacial score (nSPS) is 16.1. The zero-order chi connectivity index (χ0) is 21.1. The second-order valence-electron chi connectivity index (χ2n) is 8.50. The van der Waals surface area contributed by atoms with Gasteiger partial charge in [-0.05, 0) is 54.8 Å². The summed E-state index contributed by atoms with van der Waals surface area (Å²) >= 11 is 0. The number of aromatic nitrogens is 2. The molecule has 0 fully saturated rings. The van der Waals surface area contributed by atoms with Gasteiger partial charge in [-0.3, -0.25) is 0 Å². The van der Waals surface area contributed by atoms with Gasteiger partial charge in [0.25, 0.3) is 0 Å². The molecule has 0 bridgehead atoms. The molecule has 3 aromatic carbocycles. The molecule has 0 amide bonds. The standard InChI is InChI=1S/C28H29N3/c29-19-18-22-16-17-27-26(20-22)30-21-31(27)28(23-10-4-1-5-11-23,24-12-6-2-7-13-24)25-14-8-3-9-15-25/h1-15,21-22H,16-20,29H2. The first-order valence-electron chi connectivity index (χ1n) is 11.3. The fourth-order valence-corrected chi connectivity index (χ4v) is 5.29. The van der Waals surface area contributed by atoms with Crippen molar-refractivity contribution in [2.45, 2.75) is 31.2 Å². The van der Waals surface area contributed by atoms with Crippen LogP contribution in [0.5, 0.6) is 0 Å². The summed E-state index contributed by atoms with van der Waals surface area (Å²) in [6.07, 6.45) is 6.38. The highest BCUT2D eigenvalue weighted by Crippen LogP contribution is 2.43. The fraction of sp³-hybridized carbons (Fsp3) is 0.250. The molecule has 1 atom stereocenters. The van der Waals surface area contributed by atoms with Crippen molar-refractivity contribution in [2.24, 2.45) is 11.7 Å². The van der Waals surface area contributed by atoms with Crippen LogP contribution in [0.3, 0.4) is 0 Å². The van der Waals surface area contributed by atoms with Crippen molar-refractivity contribution in [1.29, 1.82) is 0 Å². The molecule has 2 N–H and O–H groups in total. The summed E-state index contributed by atoms with van der Waals surface area (Å²) in [4.78, 5) is 4.95. The van der Waals surface area contributed by atoms with Crippen LogP contribution in [0.2, 0.25) is 0 Å². The largest absolute Gasteiger partial charge is 0.330 e. The fourth-order valence-electron chi connectivity index (χ4n) is 5.29. The zero-order valence-electron chi connectivity index (χ0n) is 17.8. The van der Waals surface area contributed by atoms with E-state index in [0.29, 0.717) is 5.92 Å². The van der Waals surface area contributed by atoms with Gasteiger partial charge in [0.15, 0.2) is 0 Å². The molecule has 0 saturated heterocycles. The molecular formula is C28H29N3. The quantitative estimate of drug-likeness (QED) is 0.448. The maximum Gasteiger partial charge on any atom is 0.121 e. The van der Waals surface area contributed by atoms with Crippen molar-refractivity contribution in [3.8, 4) is 0 Å². The first-order chi connectivity index (χ1) is 15.3. The molecule has 4 aromatic rings. The lowest BCUT2D eigenvalue weighted by atomic mass is 9.76. The number of hydrogen-bond donors (Lipinski definition) is 1. The topological polar surface area (TPSA) is 43.8 Å². The first-order valence-corrected chi connectivity index (χ1v) is 11.3. The number of benzene rings is 3. The lowest BCUT2D eigenvalue weighted by molar-refractivity contribution is 0.406. The molecular weight excluding hydrogens is 378 g/mol. The van der Waals surface area contributed by atoms with E-state index in [9.17, 15) is 0 Å². The number of nitrogens with two attached hydrogens (primary N) is 1. The van der Waals surface area contributed by atoms with E-state index in [1.807, 2.05) is 0 Å². The first kappa shape index (κ1) is 19.8. The molecule has 0 saturated carbocycles. The predicted octanol–water partition coefficient (Wildman–Crippen LogP) is 5.18. The Labute approximate surface area is 184 Å². The van der Waals surface area contributed by atoms with E-state index in [0.717, 1.165) is 25.8 Å². The molecule has 5 rings (SSSR count). The molecule has 0 aliphatic heterocycles. The van der Waals surface area contributed by atoms with Crippen LogP contribution < -0.4 is 5.73 Å². The molecule has 31 heavy (non-hydrogen) atoms. The Hall–Kier alpha value is -3.17. The lowest BCUT2D eigenvalue weighted by Gasteiger charge is -2.39. The molecule has 1 aliphatic rings. The van der Waals surface area contributed by atoms with E-state index in [1.165, 1.54) is 34.5 Å². The number of hydrogen-bond acceptors (Lipinski definition) is 2. The second-order valence-corrected chi connectivity index (χ2v) is 8.50. The minimum absolute atomic E-state index is 0.467. The Balaban J connectivity index is 1.79. The Kier molecular flexibility index (Phi) is 5.44. The Morgan fingerprint density at radius 1 is 0.806 bits per heavy atom. The van der Waals surface area contributed by atoms with E-state index in [4.69, 9.17) is 10.7 Å². The van der Waals surface area contributed by atoms with Crippen LogP contribution in [0.15, 0.2) is 97.3 Å².